The summed E-state index contributed by atoms with van der Waals surface area (Å²) >= 11 is 12.4. The van der Waals surface area contributed by atoms with Crippen molar-refractivity contribution in [2.45, 2.75) is 25.5 Å². The minimum atomic E-state index is -0.671. The van der Waals surface area contributed by atoms with Crippen LogP contribution in [0.25, 0.3) is 10.9 Å². The van der Waals surface area contributed by atoms with Crippen molar-refractivity contribution in [3.05, 3.63) is 93.6 Å². The summed E-state index contributed by atoms with van der Waals surface area (Å²) in [4.78, 5) is 34.3. The summed E-state index contributed by atoms with van der Waals surface area (Å²) in [6, 6.07) is 19.6. The molecule has 3 aromatic carbocycles. The molecule has 230 valence electrons. The van der Waals surface area contributed by atoms with E-state index in [1.165, 1.54) is 0 Å². The van der Waals surface area contributed by atoms with Crippen LogP contribution in [0, 0.1) is 0 Å². The maximum Gasteiger partial charge on any atom is 0.416 e. The number of nitrogens with one attached hydrogen (secondary N) is 1. The van der Waals surface area contributed by atoms with Crippen molar-refractivity contribution >= 4 is 46.1 Å². The van der Waals surface area contributed by atoms with Crippen molar-refractivity contribution in [2.75, 3.05) is 45.9 Å². The Bertz CT molecular complexity index is 1630. The first-order chi connectivity index (χ1) is 21.2. The summed E-state index contributed by atoms with van der Waals surface area (Å²) in [6.45, 7) is 5.44. The Morgan fingerprint density at radius 1 is 0.932 bits per heavy atom. The van der Waals surface area contributed by atoms with Crippen molar-refractivity contribution in [1.29, 1.82) is 0 Å². The van der Waals surface area contributed by atoms with Gasteiger partial charge >= 0.3 is 6.09 Å². The molecule has 1 saturated heterocycles. The number of hydrogen-bond donors (Lipinski definition) is 2. The second-order valence-corrected chi connectivity index (χ2v) is 12.1. The fourth-order valence-electron chi connectivity index (χ4n) is 6.00. The van der Waals surface area contributed by atoms with Crippen LogP contribution in [0.15, 0.2) is 66.7 Å². The number of halogens is 2. The number of aliphatic hydroxyl groups is 1. The highest BCUT2D eigenvalue weighted by atomic mass is 35.5. The number of ether oxygens (including phenoxy) is 2. The van der Waals surface area contributed by atoms with Gasteiger partial charge in [0.25, 0.3) is 0 Å². The number of aromatic amines is 1. The van der Waals surface area contributed by atoms with Crippen LogP contribution in [0.1, 0.15) is 29.8 Å². The molecule has 2 aliphatic rings. The Hall–Kier alpha value is -3.76. The lowest BCUT2D eigenvalue weighted by molar-refractivity contribution is -0.130. The van der Waals surface area contributed by atoms with E-state index in [-0.39, 0.29) is 12.5 Å². The molecule has 0 bridgehead atoms. The molecule has 1 fully saturated rings. The predicted octanol–water partition coefficient (Wildman–Crippen LogP) is 5.53. The second kappa shape index (κ2) is 13.1. The van der Waals surface area contributed by atoms with E-state index in [4.69, 9.17) is 32.7 Å². The van der Waals surface area contributed by atoms with Crippen LogP contribution in [0.2, 0.25) is 10.0 Å². The quantitative estimate of drug-likeness (QED) is 0.277. The third-order valence-electron chi connectivity index (χ3n) is 8.27. The number of carbonyl (C=O) groups is 2. The molecule has 2 amide bonds. The van der Waals surface area contributed by atoms with Crippen molar-refractivity contribution in [3.63, 3.8) is 0 Å². The molecule has 4 aromatic rings. The molecule has 1 aromatic heterocycles. The van der Waals surface area contributed by atoms with Crippen LogP contribution in [0.5, 0.6) is 11.5 Å². The molecule has 3 heterocycles. The summed E-state index contributed by atoms with van der Waals surface area (Å²) in [5.74, 6) is 1.11. The van der Waals surface area contributed by atoms with Crippen LogP contribution < -0.4 is 9.47 Å². The molecule has 9 nitrogen and oxygen atoms in total. The van der Waals surface area contributed by atoms with Crippen LogP contribution in [0.3, 0.4) is 0 Å². The summed E-state index contributed by atoms with van der Waals surface area (Å²) < 4.78 is 11.7. The van der Waals surface area contributed by atoms with Crippen LogP contribution in [0.4, 0.5) is 4.79 Å². The van der Waals surface area contributed by atoms with E-state index < -0.39 is 18.2 Å². The molecule has 2 aliphatic heterocycles. The van der Waals surface area contributed by atoms with Gasteiger partial charge in [0.1, 0.15) is 30.3 Å². The highest BCUT2D eigenvalue weighted by molar-refractivity contribution is 6.31. The van der Waals surface area contributed by atoms with Crippen LogP contribution >= 0.6 is 23.2 Å². The average molecular weight is 638 g/mol. The lowest BCUT2D eigenvalue weighted by Gasteiger charge is -2.35. The smallest absolute Gasteiger partial charge is 0.416 e. The molecular weight excluding hydrogens is 603 g/mol. The number of H-pyrrole nitrogens is 1. The average Bonchev–Trinajstić information content (AvgIpc) is 3.39. The summed E-state index contributed by atoms with van der Waals surface area (Å²) in [7, 11) is 0. The Morgan fingerprint density at radius 3 is 2.32 bits per heavy atom. The lowest BCUT2D eigenvalue weighted by atomic mass is 9.92. The van der Waals surface area contributed by atoms with Gasteiger partial charge in [-0.3, -0.25) is 14.6 Å². The van der Waals surface area contributed by atoms with Gasteiger partial charge in [-0.25, -0.2) is 4.79 Å². The summed E-state index contributed by atoms with van der Waals surface area (Å²) in [5.41, 5.74) is 3.87. The minimum Gasteiger partial charge on any atom is -0.491 e. The zero-order valence-electron chi connectivity index (χ0n) is 24.3. The Balaban J connectivity index is 1.18. The molecule has 2 atom stereocenters. The van der Waals surface area contributed by atoms with Crippen molar-refractivity contribution in [1.82, 2.24) is 19.7 Å². The summed E-state index contributed by atoms with van der Waals surface area (Å²) in [5, 5.41) is 12.9. The topological polar surface area (TPSA) is 98.3 Å². The number of aliphatic hydroxyl groups excluding tert-OH is 1. The molecular formula is C33H34Cl2N4O5. The molecule has 0 aliphatic carbocycles. The third-order valence-corrected chi connectivity index (χ3v) is 8.75. The Morgan fingerprint density at radius 2 is 1.61 bits per heavy atom. The van der Waals surface area contributed by atoms with Crippen molar-refractivity contribution < 1.29 is 24.2 Å². The Kier molecular flexibility index (Phi) is 9.00. The number of amides is 2. The fourth-order valence-corrected chi connectivity index (χ4v) is 6.30. The minimum absolute atomic E-state index is 0.0805. The maximum absolute atomic E-state index is 13.5. The normalized spacial score (nSPS) is 17.8. The van der Waals surface area contributed by atoms with Gasteiger partial charge in [0, 0.05) is 72.8 Å². The molecule has 44 heavy (non-hydrogen) atoms. The number of aromatic nitrogens is 1. The number of rotatable bonds is 7. The first-order valence-corrected chi connectivity index (χ1v) is 15.4. The van der Waals surface area contributed by atoms with Gasteiger partial charge in [-0.2, -0.15) is 0 Å². The second-order valence-electron chi connectivity index (χ2n) is 11.2. The first-order valence-electron chi connectivity index (χ1n) is 14.7. The van der Waals surface area contributed by atoms with E-state index >= 15 is 0 Å². The highest BCUT2D eigenvalue weighted by Crippen LogP contribution is 2.40. The van der Waals surface area contributed by atoms with E-state index in [9.17, 15) is 14.7 Å². The maximum atomic E-state index is 13.5. The van der Waals surface area contributed by atoms with Crippen molar-refractivity contribution in [2.24, 2.45) is 0 Å². The zero-order chi connectivity index (χ0) is 30.8. The number of hydrogen-bond acceptors (Lipinski definition) is 6. The summed E-state index contributed by atoms with van der Waals surface area (Å²) in [6.07, 6.45) is -0.492. The first kappa shape index (κ1) is 30.3. The number of piperazine rings is 1. The van der Waals surface area contributed by atoms with Crippen molar-refractivity contribution in [3.8, 4) is 11.5 Å². The molecule has 0 saturated carbocycles. The van der Waals surface area contributed by atoms with E-state index in [1.54, 1.807) is 36.1 Å². The number of nitrogens with zero attached hydrogens (tertiary/aromatic N) is 3. The van der Waals surface area contributed by atoms with Gasteiger partial charge in [0.05, 0.1) is 0 Å². The molecule has 0 spiro atoms. The van der Waals surface area contributed by atoms with Gasteiger partial charge in [0.15, 0.2) is 0 Å². The monoisotopic (exact) mass is 636 g/mol. The number of carbonyl (C=O) groups excluding carboxylic acids is 2. The molecule has 0 radical (unpaired) electrons. The van der Waals surface area contributed by atoms with E-state index in [1.807, 2.05) is 47.4 Å². The highest BCUT2D eigenvalue weighted by Gasteiger charge is 2.36. The Labute approximate surface area is 265 Å². The fraction of sp³-hybridized carbons (Fsp3) is 0.333. The standard InChI is InChI=1S/C33H34Cl2N4O5/c1-21(40)38-16-14-37(15-17-38)19-25(41)20-43-26-7-2-22(3-8-26)32-31-28(29-18-24(35)6-11-30(29)36-31)12-13-39(32)33(42)44-27-9-4-23(34)5-10-27/h2-11,18,25,32,36,41H,12-17,19-20H2,1H3. The SMILES string of the molecule is CC(=O)N1CCN(CC(O)COc2ccc(C3c4[nH]c5ccc(Cl)cc5c4CCN3C(=O)Oc3ccc(Cl)cc3)cc2)CC1. The molecule has 6 rings (SSSR count). The lowest BCUT2D eigenvalue weighted by Crippen LogP contribution is -2.50. The predicted molar refractivity (Wildman–Crippen MR) is 170 cm³/mol. The van der Waals surface area contributed by atoms with Gasteiger partial charge < -0.3 is 24.5 Å². The largest absolute Gasteiger partial charge is 0.491 e. The van der Waals surface area contributed by atoms with Crippen LogP contribution in [-0.4, -0.2) is 88.8 Å². The van der Waals surface area contributed by atoms with E-state index in [2.05, 4.69) is 9.88 Å². The zero-order valence-corrected chi connectivity index (χ0v) is 25.9. The van der Waals surface area contributed by atoms with Crippen LogP contribution in [-0.2, 0) is 11.2 Å². The molecule has 2 N–H and O–H groups in total. The molecule has 11 heteroatoms. The van der Waals surface area contributed by atoms with E-state index in [0.29, 0.717) is 54.1 Å². The van der Waals surface area contributed by atoms with E-state index in [0.717, 1.165) is 40.8 Å². The number of fused-ring (bicyclic) bond motifs is 3. The number of β-amino-alcohol motifs (C(OH)–C–C–N with tert-alkyl or cyclic N) is 1. The van der Waals surface area contributed by atoms with Gasteiger partial charge in [0.2, 0.25) is 5.91 Å². The number of benzene rings is 3. The van der Waals surface area contributed by atoms with Gasteiger partial charge in [-0.1, -0.05) is 35.3 Å². The third kappa shape index (κ3) is 6.66. The van der Waals surface area contributed by atoms with Gasteiger partial charge in [-0.05, 0) is 72.1 Å². The van der Waals surface area contributed by atoms with Gasteiger partial charge in [-0.15, -0.1) is 0 Å². The molecule has 2 unspecified atom stereocenters.